The number of hydrogen-bond acceptors (Lipinski definition) is 4. The van der Waals surface area contributed by atoms with E-state index in [4.69, 9.17) is 6.42 Å². The van der Waals surface area contributed by atoms with Crippen LogP contribution in [0.1, 0.15) is 48.0 Å². The molecular weight excluding hydrogens is 454 g/mol. The minimum Gasteiger partial charge on any atom is -0.304 e. The molecule has 172 valence electrons. The van der Waals surface area contributed by atoms with Gasteiger partial charge in [-0.2, -0.15) is 9.30 Å². The van der Waals surface area contributed by atoms with Crippen LogP contribution in [-0.4, -0.2) is 36.3 Å². The second-order valence-corrected chi connectivity index (χ2v) is 11.4. The van der Waals surface area contributed by atoms with E-state index in [2.05, 4.69) is 10.9 Å². The lowest BCUT2D eigenvalue weighted by atomic mass is 9.96. The molecule has 1 aliphatic rings. The number of amides is 1. The van der Waals surface area contributed by atoms with Crippen LogP contribution in [-0.2, 0) is 16.6 Å². The molecule has 0 atom stereocenters. The van der Waals surface area contributed by atoms with Gasteiger partial charge in [-0.25, -0.2) is 8.42 Å². The Morgan fingerprint density at radius 1 is 1.18 bits per heavy atom. The number of hydrogen-bond donors (Lipinski definition) is 0. The summed E-state index contributed by atoms with van der Waals surface area (Å²) >= 11 is 1.41. The fourth-order valence-corrected chi connectivity index (χ4v) is 6.88. The maximum Gasteiger partial charge on any atom is 0.279 e. The van der Waals surface area contributed by atoms with Crippen LogP contribution in [0.4, 0.5) is 0 Å². The van der Waals surface area contributed by atoms with Crippen molar-refractivity contribution < 1.29 is 13.2 Å². The molecule has 1 aromatic heterocycles. The summed E-state index contributed by atoms with van der Waals surface area (Å²) < 4.78 is 30.4. The Labute approximate surface area is 198 Å². The van der Waals surface area contributed by atoms with Crippen LogP contribution in [0.15, 0.2) is 52.4 Å². The summed E-state index contributed by atoms with van der Waals surface area (Å²) in [7, 11) is -1.96. The van der Waals surface area contributed by atoms with Crippen molar-refractivity contribution in [1.29, 1.82) is 0 Å². The molecular formula is C25H27N3O3S2. The summed E-state index contributed by atoms with van der Waals surface area (Å²) in [5.41, 5.74) is 2.36. The Balaban J connectivity index is 1.63. The minimum atomic E-state index is -3.61. The first-order chi connectivity index (χ1) is 15.8. The maximum absolute atomic E-state index is 13.0. The van der Waals surface area contributed by atoms with Gasteiger partial charge in [-0.1, -0.05) is 48.7 Å². The number of carbonyl (C=O) groups excluding carboxylic acids is 1. The molecule has 1 aliphatic carbocycles. The van der Waals surface area contributed by atoms with Gasteiger partial charge in [0.1, 0.15) is 0 Å². The van der Waals surface area contributed by atoms with Crippen molar-refractivity contribution in [3.63, 3.8) is 0 Å². The molecule has 0 bridgehead atoms. The zero-order valence-electron chi connectivity index (χ0n) is 18.8. The van der Waals surface area contributed by atoms with E-state index in [1.165, 1.54) is 39.9 Å². The number of fused-ring (bicyclic) bond motifs is 1. The first-order valence-corrected chi connectivity index (χ1v) is 13.3. The number of aryl methyl sites for hydroxylation is 1. The molecule has 3 aromatic rings. The Kier molecular flexibility index (Phi) is 6.84. The molecule has 33 heavy (non-hydrogen) atoms. The number of rotatable bonds is 5. The fraction of sp³-hybridized carbons (Fsp3) is 0.360. The molecule has 1 fully saturated rings. The largest absolute Gasteiger partial charge is 0.304 e. The normalized spacial score (nSPS) is 15.8. The Morgan fingerprint density at radius 3 is 2.55 bits per heavy atom. The first kappa shape index (κ1) is 23.4. The third-order valence-electron chi connectivity index (χ3n) is 6.22. The van der Waals surface area contributed by atoms with Gasteiger partial charge in [0.15, 0.2) is 4.80 Å². The van der Waals surface area contributed by atoms with Crippen LogP contribution in [0.25, 0.3) is 10.2 Å². The van der Waals surface area contributed by atoms with Crippen molar-refractivity contribution in [2.75, 3.05) is 7.05 Å². The lowest BCUT2D eigenvalue weighted by Gasteiger charge is -2.30. The molecule has 1 heterocycles. The number of terminal acetylenes is 1. The van der Waals surface area contributed by atoms with Gasteiger partial charge in [-0.05, 0) is 55.7 Å². The van der Waals surface area contributed by atoms with Crippen LogP contribution in [0.5, 0.6) is 0 Å². The van der Waals surface area contributed by atoms with Crippen LogP contribution in [0.2, 0.25) is 0 Å². The van der Waals surface area contributed by atoms with E-state index in [1.807, 2.05) is 29.7 Å². The van der Waals surface area contributed by atoms with Crippen molar-refractivity contribution in [3.8, 4) is 12.3 Å². The van der Waals surface area contributed by atoms with E-state index in [0.717, 1.165) is 47.9 Å². The number of thiazole rings is 1. The molecule has 6 nitrogen and oxygen atoms in total. The minimum absolute atomic E-state index is 0.0306. The van der Waals surface area contributed by atoms with Crippen molar-refractivity contribution in [2.45, 2.75) is 56.5 Å². The summed E-state index contributed by atoms with van der Waals surface area (Å²) in [5.74, 6) is 2.20. The smallest absolute Gasteiger partial charge is 0.279 e. The van der Waals surface area contributed by atoms with Crippen LogP contribution < -0.4 is 4.80 Å². The molecule has 1 saturated carbocycles. The van der Waals surface area contributed by atoms with E-state index >= 15 is 0 Å². The van der Waals surface area contributed by atoms with Crippen LogP contribution >= 0.6 is 11.3 Å². The summed E-state index contributed by atoms with van der Waals surface area (Å²) in [5, 5.41) is 0. The van der Waals surface area contributed by atoms with Crippen molar-refractivity contribution in [1.82, 2.24) is 8.87 Å². The second kappa shape index (κ2) is 9.64. The number of para-hydroxylation sites is 1. The van der Waals surface area contributed by atoms with Crippen molar-refractivity contribution in [2.24, 2.45) is 4.99 Å². The average Bonchev–Trinajstić information content (AvgIpc) is 3.17. The highest BCUT2D eigenvalue weighted by Crippen LogP contribution is 2.27. The highest BCUT2D eigenvalue weighted by atomic mass is 32.2. The van der Waals surface area contributed by atoms with Gasteiger partial charge >= 0.3 is 0 Å². The van der Waals surface area contributed by atoms with E-state index in [-0.39, 0.29) is 10.9 Å². The zero-order valence-corrected chi connectivity index (χ0v) is 20.5. The fourth-order valence-electron chi connectivity index (χ4n) is 4.36. The van der Waals surface area contributed by atoms with Gasteiger partial charge in [0.25, 0.3) is 5.91 Å². The predicted molar refractivity (Wildman–Crippen MR) is 132 cm³/mol. The Hall–Kier alpha value is -2.73. The Bertz CT molecular complexity index is 1390. The molecule has 2 aromatic carbocycles. The van der Waals surface area contributed by atoms with Crippen LogP contribution in [0.3, 0.4) is 0 Å². The third kappa shape index (κ3) is 4.67. The standard InChI is InChI=1S/C25H27N3O3S2/c1-4-17-28-23-18(2)9-8-12-22(23)32-25(28)26-24(29)19-13-15-21(16-14-19)33(30,31)27(3)20-10-6-5-7-11-20/h1,8-9,12-16,20H,5-7,10-11,17H2,2-3H3. The second-order valence-electron chi connectivity index (χ2n) is 8.35. The molecule has 1 amide bonds. The molecule has 0 radical (unpaired) electrons. The number of aromatic nitrogens is 1. The maximum atomic E-state index is 13.0. The molecule has 0 unspecified atom stereocenters. The molecule has 0 saturated heterocycles. The SMILES string of the molecule is C#CCn1c(=NC(=O)c2ccc(S(=O)(=O)N(C)C3CCCCC3)cc2)sc2cccc(C)c21. The number of benzene rings is 2. The van der Waals surface area contributed by atoms with E-state index in [0.29, 0.717) is 16.9 Å². The van der Waals surface area contributed by atoms with Gasteiger partial charge in [-0.15, -0.1) is 6.42 Å². The first-order valence-electron chi connectivity index (χ1n) is 11.0. The number of carbonyl (C=O) groups is 1. The molecule has 0 N–H and O–H groups in total. The van der Waals surface area contributed by atoms with Gasteiger partial charge in [0.2, 0.25) is 10.0 Å². The van der Waals surface area contributed by atoms with Gasteiger partial charge < -0.3 is 4.57 Å². The average molecular weight is 482 g/mol. The quantitative estimate of drug-likeness (QED) is 0.509. The van der Waals surface area contributed by atoms with Crippen molar-refractivity contribution in [3.05, 3.63) is 58.4 Å². The summed E-state index contributed by atoms with van der Waals surface area (Å²) in [6.07, 6.45) is 10.6. The molecule has 4 rings (SSSR count). The van der Waals surface area contributed by atoms with Gasteiger partial charge in [-0.3, -0.25) is 4.79 Å². The van der Waals surface area contributed by atoms with Crippen LogP contribution in [0, 0.1) is 19.3 Å². The number of sulfonamides is 1. The summed E-state index contributed by atoms with van der Waals surface area (Å²) in [6, 6.07) is 12.0. The highest BCUT2D eigenvalue weighted by molar-refractivity contribution is 7.89. The summed E-state index contributed by atoms with van der Waals surface area (Å²) in [6.45, 7) is 2.30. The predicted octanol–water partition coefficient (Wildman–Crippen LogP) is 4.34. The molecule has 0 aliphatic heterocycles. The number of nitrogens with zero attached hydrogens (tertiary/aromatic N) is 3. The lowest BCUT2D eigenvalue weighted by Crippen LogP contribution is -2.38. The monoisotopic (exact) mass is 481 g/mol. The van der Waals surface area contributed by atoms with E-state index in [9.17, 15) is 13.2 Å². The Morgan fingerprint density at radius 2 is 1.88 bits per heavy atom. The molecule has 8 heteroatoms. The molecule has 0 spiro atoms. The van der Waals surface area contributed by atoms with E-state index in [1.54, 1.807) is 7.05 Å². The van der Waals surface area contributed by atoms with Gasteiger partial charge in [0.05, 0.1) is 21.7 Å². The lowest BCUT2D eigenvalue weighted by molar-refractivity contribution is 0.0997. The third-order valence-corrected chi connectivity index (χ3v) is 9.18. The van der Waals surface area contributed by atoms with Gasteiger partial charge in [0, 0.05) is 18.7 Å². The topological polar surface area (TPSA) is 71.7 Å². The zero-order chi connectivity index (χ0) is 23.6. The van der Waals surface area contributed by atoms with Crippen molar-refractivity contribution >= 4 is 37.5 Å². The van der Waals surface area contributed by atoms with E-state index < -0.39 is 15.9 Å². The highest BCUT2D eigenvalue weighted by Gasteiger charge is 2.29. The summed E-state index contributed by atoms with van der Waals surface area (Å²) in [4.78, 5) is 17.9.